The van der Waals surface area contributed by atoms with Crippen LogP contribution in [-0.2, 0) is 14.8 Å². The van der Waals surface area contributed by atoms with Gasteiger partial charge < -0.3 is 4.74 Å². The summed E-state index contributed by atoms with van der Waals surface area (Å²) in [5.41, 5.74) is 2.16. The first kappa shape index (κ1) is 16.0. The van der Waals surface area contributed by atoms with E-state index >= 15 is 0 Å². The van der Waals surface area contributed by atoms with Crippen molar-refractivity contribution < 1.29 is 17.9 Å². The van der Waals surface area contributed by atoms with Gasteiger partial charge in [0.25, 0.3) is 10.0 Å². The van der Waals surface area contributed by atoms with Gasteiger partial charge in [-0.25, -0.2) is 13.2 Å². The normalized spacial score (nSPS) is 11.0. The Morgan fingerprint density at radius 2 is 1.82 bits per heavy atom. The molecule has 0 heterocycles. The van der Waals surface area contributed by atoms with Crippen LogP contribution in [0, 0.1) is 13.8 Å². The smallest absolute Gasteiger partial charge is 0.337 e. The zero-order chi connectivity index (χ0) is 16.3. The largest absolute Gasteiger partial charge is 0.465 e. The van der Waals surface area contributed by atoms with Gasteiger partial charge in [0, 0.05) is 5.69 Å². The lowest BCUT2D eigenvalue weighted by Gasteiger charge is -2.12. The molecule has 1 N–H and O–H groups in total. The molecule has 0 saturated carbocycles. The van der Waals surface area contributed by atoms with Gasteiger partial charge in [0.2, 0.25) is 0 Å². The molecular formula is C16H17NO4S. The van der Waals surface area contributed by atoms with Gasteiger partial charge >= 0.3 is 5.97 Å². The molecule has 116 valence electrons. The summed E-state index contributed by atoms with van der Waals surface area (Å²) < 4.78 is 32.2. The fourth-order valence-corrected chi connectivity index (χ4v) is 3.37. The fourth-order valence-electron chi connectivity index (χ4n) is 2.05. The van der Waals surface area contributed by atoms with E-state index in [0.717, 1.165) is 5.56 Å². The number of esters is 1. The number of nitrogens with one attached hydrogen (secondary N) is 1. The minimum Gasteiger partial charge on any atom is -0.465 e. The molecule has 0 saturated heterocycles. The van der Waals surface area contributed by atoms with E-state index < -0.39 is 16.0 Å². The second-order valence-electron chi connectivity index (χ2n) is 4.95. The standard InChI is InChI=1S/C16H17NO4S/c1-11-5-4-6-14(9-11)17-22(19,20)15-10-13(16(18)21-3)8-7-12(15)2/h4-10,17H,1-3H3. The Bertz CT molecular complexity index is 813. The molecule has 0 aliphatic heterocycles. The summed E-state index contributed by atoms with van der Waals surface area (Å²) in [5.74, 6) is -0.577. The monoisotopic (exact) mass is 319 g/mol. The first-order valence-electron chi connectivity index (χ1n) is 6.62. The molecule has 22 heavy (non-hydrogen) atoms. The lowest BCUT2D eigenvalue weighted by Crippen LogP contribution is -2.15. The van der Waals surface area contributed by atoms with E-state index in [2.05, 4.69) is 9.46 Å². The molecule has 0 atom stereocenters. The number of carbonyl (C=O) groups is 1. The maximum absolute atomic E-state index is 12.5. The van der Waals surface area contributed by atoms with Gasteiger partial charge in [0.15, 0.2) is 0 Å². The van der Waals surface area contributed by atoms with Crippen LogP contribution in [0.2, 0.25) is 0 Å². The summed E-state index contributed by atoms with van der Waals surface area (Å²) in [6.45, 7) is 3.55. The van der Waals surface area contributed by atoms with Gasteiger partial charge in [0.05, 0.1) is 17.6 Å². The number of hydrogen-bond donors (Lipinski definition) is 1. The summed E-state index contributed by atoms with van der Waals surface area (Å²) in [6, 6.07) is 11.5. The molecule has 5 nitrogen and oxygen atoms in total. The van der Waals surface area contributed by atoms with Gasteiger partial charge in [-0.2, -0.15) is 0 Å². The van der Waals surface area contributed by atoms with E-state index in [1.807, 2.05) is 13.0 Å². The molecule has 0 aromatic heterocycles. The molecular weight excluding hydrogens is 302 g/mol. The second-order valence-corrected chi connectivity index (χ2v) is 6.60. The molecule has 6 heteroatoms. The van der Waals surface area contributed by atoms with Crippen molar-refractivity contribution in [2.75, 3.05) is 11.8 Å². The first-order valence-corrected chi connectivity index (χ1v) is 8.10. The Labute approximate surface area is 130 Å². The van der Waals surface area contributed by atoms with Crippen molar-refractivity contribution in [1.29, 1.82) is 0 Å². The van der Waals surface area contributed by atoms with Crippen molar-refractivity contribution >= 4 is 21.7 Å². The van der Waals surface area contributed by atoms with Crippen LogP contribution in [0.3, 0.4) is 0 Å². The number of anilines is 1. The van der Waals surface area contributed by atoms with Crippen molar-refractivity contribution in [3.8, 4) is 0 Å². The van der Waals surface area contributed by atoms with Crippen molar-refractivity contribution in [3.05, 3.63) is 59.2 Å². The van der Waals surface area contributed by atoms with Gasteiger partial charge in [-0.1, -0.05) is 18.2 Å². The number of methoxy groups -OCH3 is 1. The Kier molecular flexibility index (Phi) is 4.51. The van der Waals surface area contributed by atoms with Crippen LogP contribution in [0.15, 0.2) is 47.4 Å². The Hall–Kier alpha value is -2.34. The predicted octanol–water partition coefficient (Wildman–Crippen LogP) is 2.89. The van der Waals surface area contributed by atoms with Crippen molar-refractivity contribution in [3.63, 3.8) is 0 Å². The summed E-state index contributed by atoms with van der Waals surface area (Å²) in [6.07, 6.45) is 0. The van der Waals surface area contributed by atoms with Gasteiger partial charge in [-0.3, -0.25) is 4.72 Å². The molecule has 0 amide bonds. The Morgan fingerprint density at radius 1 is 1.09 bits per heavy atom. The molecule has 0 aliphatic carbocycles. The summed E-state index contributed by atoms with van der Waals surface area (Å²) >= 11 is 0. The third-order valence-corrected chi connectivity index (χ3v) is 4.69. The van der Waals surface area contributed by atoms with Crippen LogP contribution in [0.1, 0.15) is 21.5 Å². The summed E-state index contributed by atoms with van der Waals surface area (Å²) in [4.78, 5) is 11.6. The number of aryl methyl sites for hydroxylation is 2. The highest BCUT2D eigenvalue weighted by atomic mass is 32.2. The van der Waals surface area contributed by atoms with Gasteiger partial charge in [0.1, 0.15) is 0 Å². The SMILES string of the molecule is COC(=O)c1ccc(C)c(S(=O)(=O)Nc2cccc(C)c2)c1. The molecule has 0 unspecified atom stereocenters. The number of hydrogen-bond acceptors (Lipinski definition) is 4. The van der Waals surface area contributed by atoms with Crippen molar-refractivity contribution in [2.45, 2.75) is 18.7 Å². The zero-order valence-electron chi connectivity index (χ0n) is 12.6. The second kappa shape index (κ2) is 6.19. The highest BCUT2D eigenvalue weighted by Gasteiger charge is 2.19. The quantitative estimate of drug-likeness (QED) is 0.880. The van der Waals surface area contributed by atoms with E-state index in [9.17, 15) is 13.2 Å². The van der Waals surface area contributed by atoms with Crippen LogP contribution in [0.5, 0.6) is 0 Å². The highest BCUT2D eigenvalue weighted by Crippen LogP contribution is 2.21. The van der Waals surface area contributed by atoms with Crippen molar-refractivity contribution in [2.24, 2.45) is 0 Å². The van der Waals surface area contributed by atoms with E-state index in [-0.39, 0.29) is 10.5 Å². The van der Waals surface area contributed by atoms with E-state index in [4.69, 9.17) is 0 Å². The van der Waals surface area contributed by atoms with E-state index in [1.165, 1.54) is 19.2 Å². The molecule has 0 radical (unpaired) electrons. The molecule has 2 aromatic carbocycles. The Balaban J connectivity index is 2.42. The maximum atomic E-state index is 12.5. The minimum atomic E-state index is -3.78. The summed E-state index contributed by atoms with van der Waals surface area (Å²) in [7, 11) is -2.53. The van der Waals surface area contributed by atoms with Crippen LogP contribution in [0.4, 0.5) is 5.69 Å². The third kappa shape index (κ3) is 3.46. The average Bonchev–Trinajstić information content (AvgIpc) is 2.46. The summed E-state index contributed by atoms with van der Waals surface area (Å²) in [5, 5.41) is 0. The van der Waals surface area contributed by atoms with Crippen LogP contribution in [0.25, 0.3) is 0 Å². The fraction of sp³-hybridized carbons (Fsp3) is 0.188. The molecule has 2 rings (SSSR count). The van der Waals surface area contributed by atoms with E-state index in [0.29, 0.717) is 11.3 Å². The number of carbonyl (C=O) groups excluding carboxylic acids is 1. The molecule has 0 bridgehead atoms. The van der Waals surface area contributed by atoms with Crippen molar-refractivity contribution in [1.82, 2.24) is 0 Å². The highest BCUT2D eigenvalue weighted by molar-refractivity contribution is 7.92. The van der Waals surface area contributed by atoms with E-state index in [1.54, 1.807) is 31.2 Å². The molecule has 0 spiro atoms. The number of rotatable bonds is 4. The number of ether oxygens (including phenoxy) is 1. The van der Waals surface area contributed by atoms with Gasteiger partial charge in [-0.15, -0.1) is 0 Å². The lowest BCUT2D eigenvalue weighted by molar-refractivity contribution is 0.0600. The number of benzene rings is 2. The number of sulfonamides is 1. The van der Waals surface area contributed by atoms with Crippen LogP contribution < -0.4 is 4.72 Å². The zero-order valence-corrected chi connectivity index (χ0v) is 13.4. The average molecular weight is 319 g/mol. The molecule has 0 aliphatic rings. The topological polar surface area (TPSA) is 72.5 Å². The first-order chi connectivity index (χ1) is 10.3. The molecule has 0 fully saturated rings. The molecule has 2 aromatic rings. The minimum absolute atomic E-state index is 0.0527. The van der Waals surface area contributed by atoms with Crippen LogP contribution in [-0.4, -0.2) is 21.5 Å². The Morgan fingerprint density at radius 3 is 2.45 bits per heavy atom. The van der Waals surface area contributed by atoms with Crippen LogP contribution >= 0.6 is 0 Å². The predicted molar refractivity (Wildman–Crippen MR) is 84.5 cm³/mol. The van der Waals surface area contributed by atoms with Gasteiger partial charge in [-0.05, 0) is 49.2 Å². The third-order valence-electron chi connectivity index (χ3n) is 3.17. The maximum Gasteiger partial charge on any atom is 0.337 e. The lowest BCUT2D eigenvalue weighted by atomic mass is 10.1.